The molecule has 0 radical (unpaired) electrons. The number of nitrogens with one attached hydrogen (secondary N) is 1. The van der Waals surface area contributed by atoms with Crippen LogP contribution in [0.4, 0.5) is 5.82 Å². The van der Waals surface area contributed by atoms with Crippen molar-refractivity contribution in [3.05, 3.63) is 53.0 Å². The van der Waals surface area contributed by atoms with Crippen molar-refractivity contribution >= 4 is 44.9 Å². The number of fused-ring (bicyclic) bond motifs is 1. The molecule has 0 spiro atoms. The maximum Gasteiger partial charge on any atom is 0.259 e. The fourth-order valence-corrected chi connectivity index (χ4v) is 3.08. The number of hydrogen-bond acceptors (Lipinski definition) is 7. The van der Waals surface area contributed by atoms with E-state index in [1.54, 1.807) is 42.2 Å². The second-order valence-electron chi connectivity index (χ2n) is 4.68. The Balaban J connectivity index is 1.64. The molecule has 0 saturated heterocycles. The quantitative estimate of drug-likeness (QED) is 0.566. The zero-order chi connectivity index (χ0) is 16.5. The Labute approximate surface area is 144 Å². The average Bonchev–Trinajstić information content (AvgIpc) is 3.24. The molecule has 0 aliphatic carbocycles. The molecule has 10 heteroatoms. The molecule has 0 saturated carbocycles. The molecule has 118 valence electrons. The highest BCUT2D eigenvalue weighted by molar-refractivity contribution is 7.17. The molecule has 24 heavy (non-hydrogen) atoms. The van der Waals surface area contributed by atoms with Crippen LogP contribution in [0.2, 0.25) is 5.28 Å². The topological polar surface area (TPSA) is 98.5 Å². The predicted molar refractivity (Wildman–Crippen MR) is 89.5 cm³/mol. The lowest BCUT2D eigenvalue weighted by molar-refractivity contribution is 0.102. The molecule has 0 unspecified atom stereocenters. The van der Waals surface area contributed by atoms with E-state index in [0.29, 0.717) is 22.7 Å². The molecule has 4 rings (SSSR count). The first kappa shape index (κ1) is 14.7. The molecular weight excluding hydrogens is 350 g/mol. The van der Waals surface area contributed by atoms with Gasteiger partial charge < -0.3 is 5.32 Å². The zero-order valence-electron chi connectivity index (χ0n) is 11.9. The summed E-state index contributed by atoms with van der Waals surface area (Å²) in [5.74, 6) is 0.623. The van der Waals surface area contributed by atoms with Gasteiger partial charge in [-0.1, -0.05) is 11.3 Å². The monoisotopic (exact) mass is 357 g/mol. The highest BCUT2D eigenvalue weighted by atomic mass is 35.5. The van der Waals surface area contributed by atoms with Crippen LogP contribution in [-0.2, 0) is 0 Å². The summed E-state index contributed by atoms with van der Waals surface area (Å²) in [6.07, 6.45) is 4.81. The van der Waals surface area contributed by atoms with Crippen LogP contribution in [-0.4, -0.2) is 35.9 Å². The first-order valence-corrected chi connectivity index (χ1v) is 8.01. The average molecular weight is 358 g/mol. The Morgan fingerprint density at radius 1 is 1.29 bits per heavy atom. The van der Waals surface area contributed by atoms with Crippen LogP contribution < -0.4 is 5.32 Å². The molecule has 1 amide bonds. The third kappa shape index (κ3) is 2.70. The Kier molecular flexibility index (Phi) is 3.63. The fourth-order valence-electron chi connectivity index (χ4n) is 2.10. The predicted octanol–water partition coefficient (Wildman–Crippen LogP) is 2.57. The Hall–Kier alpha value is -2.91. The van der Waals surface area contributed by atoms with E-state index >= 15 is 0 Å². The van der Waals surface area contributed by atoms with Crippen molar-refractivity contribution in [3.8, 4) is 5.82 Å². The molecular formula is C14H8ClN7OS. The summed E-state index contributed by atoms with van der Waals surface area (Å²) in [5.41, 5.74) is 0.942. The summed E-state index contributed by atoms with van der Waals surface area (Å²) in [4.78, 5) is 24.9. The molecule has 8 nitrogen and oxygen atoms in total. The number of aromatic nitrogens is 6. The van der Waals surface area contributed by atoms with Crippen molar-refractivity contribution < 1.29 is 4.79 Å². The van der Waals surface area contributed by atoms with Gasteiger partial charge >= 0.3 is 0 Å². The fraction of sp³-hybridized carbons (Fsp3) is 0. The molecule has 0 aliphatic heterocycles. The highest BCUT2D eigenvalue weighted by Crippen LogP contribution is 2.25. The minimum Gasteiger partial charge on any atom is -0.306 e. The molecule has 0 aliphatic rings. The third-order valence-corrected chi connectivity index (χ3v) is 4.25. The van der Waals surface area contributed by atoms with E-state index in [1.165, 1.54) is 16.0 Å². The number of hydrogen-bond donors (Lipinski definition) is 1. The van der Waals surface area contributed by atoms with Crippen molar-refractivity contribution in [2.24, 2.45) is 0 Å². The number of amides is 1. The minimum atomic E-state index is -0.320. The van der Waals surface area contributed by atoms with Crippen LogP contribution in [0.1, 0.15) is 10.4 Å². The minimum absolute atomic E-state index is 0.0984. The van der Waals surface area contributed by atoms with E-state index in [4.69, 9.17) is 11.6 Å². The number of carbonyl (C=O) groups excluding carboxylic acids is 1. The van der Waals surface area contributed by atoms with Crippen LogP contribution in [0.5, 0.6) is 0 Å². The largest absolute Gasteiger partial charge is 0.306 e. The molecule has 1 N–H and O–H groups in total. The van der Waals surface area contributed by atoms with E-state index in [0.717, 1.165) is 4.70 Å². The van der Waals surface area contributed by atoms with E-state index in [-0.39, 0.29) is 11.2 Å². The van der Waals surface area contributed by atoms with Crippen molar-refractivity contribution in [2.75, 3.05) is 5.32 Å². The summed E-state index contributed by atoms with van der Waals surface area (Å²) >= 11 is 7.19. The Bertz CT molecular complexity index is 1030. The normalized spacial score (nSPS) is 10.9. The number of halogens is 1. The SMILES string of the molecule is O=C(Nc1cccc(-n2ccnn2)n1)c1csc2cnc(Cl)nc12. The van der Waals surface area contributed by atoms with Crippen LogP contribution >= 0.6 is 22.9 Å². The van der Waals surface area contributed by atoms with Gasteiger partial charge in [-0.25, -0.2) is 19.6 Å². The van der Waals surface area contributed by atoms with E-state index in [2.05, 4.69) is 30.6 Å². The smallest absolute Gasteiger partial charge is 0.259 e. The number of nitrogens with zero attached hydrogens (tertiary/aromatic N) is 6. The van der Waals surface area contributed by atoms with Crippen LogP contribution in [0.3, 0.4) is 0 Å². The summed E-state index contributed by atoms with van der Waals surface area (Å²) in [6.45, 7) is 0. The number of carbonyl (C=O) groups is 1. The van der Waals surface area contributed by atoms with Gasteiger partial charge in [0.25, 0.3) is 5.91 Å². The maximum absolute atomic E-state index is 12.5. The number of anilines is 1. The van der Waals surface area contributed by atoms with E-state index in [1.807, 2.05) is 0 Å². The van der Waals surface area contributed by atoms with E-state index in [9.17, 15) is 4.79 Å². The first-order valence-electron chi connectivity index (χ1n) is 6.75. The van der Waals surface area contributed by atoms with Gasteiger partial charge in [0, 0.05) is 11.6 Å². The van der Waals surface area contributed by atoms with Crippen molar-refractivity contribution in [1.29, 1.82) is 0 Å². The lowest BCUT2D eigenvalue weighted by Gasteiger charge is -2.05. The Morgan fingerprint density at radius 2 is 2.21 bits per heavy atom. The van der Waals surface area contributed by atoms with Crippen molar-refractivity contribution in [1.82, 2.24) is 29.9 Å². The molecule has 0 bridgehead atoms. The number of pyridine rings is 1. The van der Waals surface area contributed by atoms with E-state index < -0.39 is 0 Å². The molecule has 0 atom stereocenters. The van der Waals surface area contributed by atoms with Gasteiger partial charge in [0.1, 0.15) is 5.82 Å². The molecule has 4 aromatic heterocycles. The number of thiophene rings is 1. The molecule has 4 heterocycles. The second-order valence-corrected chi connectivity index (χ2v) is 5.93. The lowest BCUT2D eigenvalue weighted by Crippen LogP contribution is -2.13. The summed E-state index contributed by atoms with van der Waals surface area (Å²) in [5, 5.41) is 12.2. The molecule has 0 aromatic carbocycles. The van der Waals surface area contributed by atoms with Gasteiger partial charge in [0.05, 0.1) is 28.2 Å². The second kappa shape index (κ2) is 5.95. The summed E-state index contributed by atoms with van der Waals surface area (Å²) in [6, 6.07) is 5.22. The summed E-state index contributed by atoms with van der Waals surface area (Å²) in [7, 11) is 0. The Morgan fingerprint density at radius 3 is 3.04 bits per heavy atom. The zero-order valence-corrected chi connectivity index (χ0v) is 13.5. The standard InChI is InChI=1S/C14H8ClN7OS/c15-14-16-6-9-12(20-14)8(7-24-9)13(23)19-10-2-1-3-11(18-10)22-5-4-17-21-22/h1-7H,(H,18,19,23). The van der Waals surface area contributed by atoms with Gasteiger partial charge in [0.15, 0.2) is 5.82 Å². The maximum atomic E-state index is 12.5. The van der Waals surface area contributed by atoms with Crippen molar-refractivity contribution in [2.45, 2.75) is 0 Å². The summed E-state index contributed by atoms with van der Waals surface area (Å²) < 4.78 is 2.29. The van der Waals surface area contributed by atoms with Gasteiger partial charge in [-0.2, -0.15) is 0 Å². The molecule has 4 aromatic rings. The van der Waals surface area contributed by atoms with Crippen molar-refractivity contribution in [3.63, 3.8) is 0 Å². The van der Waals surface area contributed by atoms with Gasteiger partial charge in [-0.05, 0) is 23.7 Å². The van der Waals surface area contributed by atoms with Crippen LogP contribution in [0, 0.1) is 0 Å². The van der Waals surface area contributed by atoms with Crippen LogP contribution in [0.15, 0.2) is 42.2 Å². The van der Waals surface area contributed by atoms with Crippen LogP contribution in [0.25, 0.3) is 16.0 Å². The lowest BCUT2D eigenvalue weighted by atomic mass is 10.2. The van der Waals surface area contributed by atoms with Gasteiger partial charge in [-0.15, -0.1) is 16.4 Å². The highest BCUT2D eigenvalue weighted by Gasteiger charge is 2.15. The first-order chi connectivity index (χ1) is 11.7. The number of rotatable bonds is 3. The van der Waals surface area contributed by atoms with Gasteiger partial charge in [0.2, 0.25) is 5.28 Å². The third-order valence-electron chi connectivity index (χ3n) is 3.16. The van der Waals surface area contributed by atoms with Gasteiger partial charge in [-0.3, -0.25) is 4.79 Å². The molecule has 0 fully saturated rings.